The summed E-state index contributed by atoms with van der Waals surface area (Å²) in [6.07, 6.45) is 0.368. The molecule has 1 saturated heterocycles. The molecule has 1 aliphatic heterocycles. The minimum Gasteiger partial charge on any atom is -0.459 e. The first-order valence-electron chi connectivity index (χ1n) is 8.35. The Balaban J connectivity index is 1.62. The lowest BCUT2D eigenvalue weighted by Crippen LogP contribution is -2.37. The van der Waals surface area contributed by atoms with Crippen LogP contribution in [0.25, 0.3) is 0 Å². The van der Waals surface area contributed by atoms with Crippen LogP contribution in [-0.4, -0.2) is 22.8 Å². The Bertz CT molecular complexity index is 919. The third-order valence-electron chi connectivity index (χ3n) is 4.40. The Morgan fingerprint density at radius 1 is 1.21 bits per heavy atom. The first kappa shape index (κ1) is 19.4. The monoisotopic (exact) mass is 388 g/mol. The highest BCUT2D eigenvalue weighted by atomic mass is 19.1. The molecule has 0 aromatic heterocycles. The number of carbonyl (C=O) groups excluding carboxylic acids is 2. The molecule has 4 N–H and O–H groups in total. The van der Waals surface area contributed by atoms with Crippen molar-refractivity contribution in [1.82, 2.24) is 10.9 Å². The quantitative estimate of drug-likeness (QED) is 0.387. The second-order valence-corrected chi connectivity index (χ2v) is 6.25. The van der Waals surface area contributed by atoms with Crippen LogP contribution >= 0.6 is 0 Å². The number of ether oxygens (including phenoxy) is 1. The Morgan fingerprint density at radius 2 is 1.93 bits per heavy atom. The van der Waals surface area contributed by atoms with Crippen LogP contribution in [0.1, 0.15) is 33.9 Å². The van der Waals surface area contributed by atoms with E-state index in [9.17, 15) is 24.1 Å². The second-order valence-electron chi connectivity index (χ2n) is 6.25. The average Bonchev–Trinajstić information content (AvgIpc) is 3.16. The second kappa shape index (κ2) is 8.11. The number of nitrogens with one attached hydrogen (secondary N) is 2. The fourth-order valence-electron chi connectivity index (χ4n) is 2.88. The smallest absolute Gasteiger partial charge is 0.324 e. The number of amides is 1. The van der Waals surface area contributed by atoms with Crippen LogP contribution in [0.15, 0.2) is 42.5 Å². The molecule has 0 saturated carbocycles. The molecular formula is C18H17FN4O5. The number of halogens is 1. The maximum Gasteiger partial charge on any atom is 0.324 e. The molecular weight excluding hydrogens is 371 g/mol. The molecule has 1 amide bonds. The van der Waals surface area contributed by atoms with Crippen molar-refractivity contribution in [2.45, 2.75) is 25.1 Å². The number of nitro groups is 1. The molecule has 2 aromatic carbocycles. The van der Waals surface area contributed by atoms with E-state index in [1.54, 1.807) is 12.1 Å². The number of nitrogens with two attached hydrogens (primary N) is 1. The van der Waals surface area contributed by atoms with Crippen LogP contribution in [0.4, 0.5) is 10.1 Å². The fraction of sp³-hybridized carbons (Fsp3) is 0.222. The Labute approximate surface area is 158 Å². The zero-order valence-corrected chi connectivity index (χ0v) is 14.6. The van der Waals surface area contributed by atoms with Gasteiger partial charge in [-0.25, -0.2) is 15.2 Å². The summed E-state index contributed by atoms with van der Waals surface area (Å²) in [5.41, 5.74) is 11.5. The lowest BCUT2D eigenvalue weighted by molar-refractivity contribution is -0.385. The molecule has 146 valence electrons. The molecule has 3 rings (SSSR count). The van der Waals surface area contributed by atoms with Crippen molar-refractivity contribution in [2.75, 3.05) is 0 Å². The standard InChI is InChI=1S/C18H17FN4O5/c19-13-5-3-10(4-6-13)14-8-15(22-21-14)18(25)28-9-12-2-1-11(17(20)24)7-16(12)23(26)27/h1-7,14-15,21-22H,8-9H2,(H2,20,24). The maximum atomic E-state index is 13.0. The number of rotatable bonds is 6. The minimum atomic E-state index is -0.792. The first-order valence-corrected chi connectivity index (χ1v) is 8.35. The molecule has 2 atom stereocenters. The molecule has 1 aliphatic rings. The van der Waals surface area contributed by atoms with Gasteiger partial charge in [0.2, 0.25) is 5.91 Å². The summed E-state index contributed by atoms with van der Waals surface area (Å²) in [5, 5.41) is 11.2. The number of benzene rings is 2. The van der Waals surface area contributed by atoms with Crippen LogP contribution in [0.5, 0.6) is 0 Å². The summed E-state index contributed by atoms with van der Waals surface area (Å²) in [6.45, 7) is -0.326. The van der Waals surface area contributed by atoms with Crippen molar-refractivity contribution in [3.8, 4) is 0 Å². The zero-order valence-electron chi connectivity index (χ0n) is 14.6. The van der Waals surface area contributed by atoms with Crippen LogP contribution in [0.3, 0.4) is 0 Å². The largest absolute Gasteiger partial charge is 0.459 e. The number of nitro benzene ring substituents is 1. The van der Waals surface area contributed by atoms with Crippen LogP contribution in [0, 0.1) is 15.9 Å². The van der Waals surface area contributed by atoms with Crippen LogP contribution in [0.2, 0.25) is 0 Å². The first-order chi connectivity index (χ1) is 13.3. The highest BCUT2D eigenvalue weighted by Crippen LogP contribution is 2.24. The predicted octanol–water partition coefficient (Wildman–Crippen LogP) is 1.48. The molecule has 0 bridgehead atoms. The van der Waals surface area contributed by atoms with Gasteiger partial charge in [0.05, 0.1) is 10.5 Å². The molecule has 2 aromatic rings. The van der Waals surface area contributed by atoms with E-state index in [1.165, 1.54) is 24.3 Å². The van der Waals surface area contributed by atoms with Gasteiger partial charge >= 0.3 is 5.97 Å². The van der Waals surface area contributed by atoms with Gasteiger partial charge in [0.1, 0.15) is 18.5 Å². The van der Waals surface area contributed by atoms with Crippen LogP contribution < -0.4 is 16.6 Å². The number of esters is 1. The average molecular weight is 388 g/mol. The number of nitrogens with zero attached hydrogens (tertiary/aromatic N) is 1. The van der Waals surface area contributed by atoms with Crippen molar-refractivity contribution in [3.63, 3.8) is 0 Å². The van der Waals surface area contributed by atoms with Crippen molar-refractivity contribution >= 4 is 17.6 Å². The normalized spacial score (nSPS) is 18.6. The third kappa shape index (κ3) is 4.30. The number of primary amides is 1. The van der Waals surface area contributed by atoms with Gasteiger partial charge in [0.15, 0.2) is 0 Å². The van der Waals surface area contributed by atoms with Crippen molar-refractivity contribution < 1.29 is 23.6 Å². The summed E-state index contributed by atoms with van der Waals surface area (Å²) < 4.78 is 18.2. The molecule has 10 heteroatoms. The van der Waals surface area contributed by atoms with Gasteiger partial charge < -0.3 is 10.5 Å². The topological polar surface area (TPSA) is 137 Å². The van der Waals surface area contributed by atoms with E-state index >= 15 is 0 Å². The Morgan fingerprint density at radius 3 is 2.57 bits per heavy atom. The molecule has 1 heterocycles. The maximum absolute atomic E-state index is 13.0. The number of hydrogen-bond acceptors (Lipinski definition) is 7. The van der Waals surface area contributed by atoms with Gasteiger partial charge in [-0.1, -0.05) is 12.1 Å². The lowest BCUT2D eigenvalue weighted by atomic mass is 10.0. The number of hydrogen-bond donors (Lipinski definition) is 3. The van der Waals surface area contributed by atoms with E-state index in [4.69, 9.17) is 10.5 Å². The van der Waals surface area contributed by atoms with Gasteiger partial charge in [-0.15, -0.1) is 0 Å². The highest BCUT2D eigenvalue weighted by Gasteiger charge is 2.31. The van der Waals surface area contributed by atoms with Crippen LogP contribution in [-0.2, 0) is 16.1 Å². The molecule has 0 aliphatic carbocycles. The molecule has 1 fully saturated rings. The summed E-state index contributed by atoms with van der Waals surface area (Å²) in [6, 6.07) is 8.73. The molecule has 28 heavy (non-hydrogen) atoms. The number of hydrazine groups is 1. The van der Waals surface area contributed by atoms with Crippen molar-refractivity contribution in [1.29, 1.82) is 0 Å². The Hall–Kier alpha value is -3.37. The van der Waals surface area contributed by atoms with Gasteiger partial charge in [-0.05, 0) is 36.2 Å². The van der Waals surface area contributed by atoms with Crippen molar-refractivity contribution in [2.24, 2.45) is 5.73 Å². The number of carbonyl (C=O) groups is 2. The molecule has 0 radical (unpaired) electrons. The zero-order chi connectivity index (χ0) is 20.3. The van der Waals surface area contributed by atoms with E-state index in [-0.39, 0.29) is 35.3 Å². The summed E-state index contributed by atoms with van der Waals surface area (Å²) >= 11 is 0. The molecule has 2 unspecified atom stereocenters. The van der Waals surface area contributed by atoms with E-state index in [0.29, 0.717) is 6.42 Å². The minimum absolute atomic E-state index is 0.00873. The fourth-order valence-corrected chi connectivity index (χ4v) is 2.88. The Kier molecular flexibility index (Phi) is 5.62. The third-order valence-corrected chi connectivity index (χ3v) is 4.40. The van der Waals surface area contributed by atoms with Gasteiger partial charge in [-0.3, -0.25) is 19.7 Å². The SMILES string of the molecule is NC(=O)c1ccc(COC(=O)C2CC(c3ccc(F)cc3)NN2)c([N+](=O)[O-])c1. The highest BCUT2D eigenvalue weighted by molar-refractivity contribution is 5.93. The predicted molar refractivity (Wildman–Crippen MR) is 95.2 cm³/mol. The van der Waals surface area contributed by atoms with E-state index in [2.05, 4.69) is 10.9 Å². The van der Waals surface area contributed by atoms with Gasteiger partial charge in [0, 0.05) is 17.7 Å². The van der Waals surface area contributed by atoms with Crippen molar-refractivity contribution in [3.05, 3.63) is 75.1 Å². The summed E-state index contributed by atoms with van der Waals surface area (Å²) in [5.74, 6) is -1.74. The molecule has 0 spiro atoms. The summed E-state index contributed by atoms with van der Waals surface area (Å²) in [4.78, 5) is 34.0. The lowest BCUT2D eigenvalue weighted by Gasteiger charge is -2.11. The van der Waals surface area contributed by atoms with E-state index in [1.807, 2.05) is 0 Å². The molecule has 9 nitrogen and oxygen atoms in total. The van der Waals surface area contributed by atoms with Gasteiger partial charge in [0.25, 0.3) is 5.69 Å². The van der Waals surface area contributed by atoms with Gasteiger partial charge in [-0.2, -0.15) is 0 Å². The van der Waals surface area contributed by atoms with E-state index in [0.717, 1.165) is 11.6 Å². The summed E-state index contributed by atoms with van der Waals surface area (Å²) in [7, 11) is 0. The van der Waals surface area contributed by atoms with E-state index < -0.39 is 22.8 Å².